The highest BCUT2D eigenvalue weighted by molar-refractivity contribution is 7.99. The third-order valence-electron chi connectivity index (χ3n) is 2.39. The average molecular weight is 259 g/mol. The van der Waals surface area contributed by atoms with E-state index in [-0.39, 0.29) is 0 Å². The molecule has 1 N–H and O–H groups in total. The summed E-state index contributed by atoms with van der Waals surface area (Å²) in [6, 6.07) is 4.89. The number of carboxylic acids is 1. The van der Waals surface area contributed by atoms with E-state index < -0.39 is 5.97 Å². The topological polar surface area (TPSA) is 37.3 Å². The number of benzene rings is 1. The van der Waals surface area contributed by atoms with Gasteiger partial charge in [-0.3, -0.25) is 0 Å². The van der Waals surface area contributed by atoms with Crippen molar-refractivity contribution in [2.45, 2.75) is 25.2 Å². The largest absolute Gasteiger partial charge is 0.478 e. The Balaban J connectivity index is 2.84. The fourth-order valence-corrected chi connectivity index (χ4v) is 2.60. The summed E-state index contributed by atoms with van der Waals surface area (Å²) < 4.78 is 0. The predicted octanol–water partition coefficient (Wildman–Crippen LogP) is 4.18. The van der Waals surface area contributed by atoms with Crippen LogP contribution in [0.1, 0.15) is 30.6 Å². The highest BCUT2D eigenvalue weighted by atomic mass is 35.5. The molecule has 0 saturated carbocycles. The maximum Gasteiger partial charge on any atom is 0.336 e. The number of thioether (sulfide) groups is 1. The van der Waals surface area contributed by atoms with E-state index in [0.29, 0.717) is 16.5 Å². The van der Waals surface area contributed by atoms with Crippen molar-refractivity contribution in [1.29, 1.82) is 0 Å². The van der Waals surface area contributed by atoms with Crippen molar-refractivity contribution in [3.05, 3.63) is 28.8 Å². The molecule has 0 radical (unpaired) electrons. The normalized spacial score (nSPS) is 12.4. The smallest absolute Gasteiger partial charge is 0.336 e. The Hall–Kier alpha value is -0.670. The summed E-state index contributed by atoms with van der Waals surface area (Å²) in [6.07, 6.45) is 1.09. The molecule has 0 aromatic heterocycles. The van der Waals surface area contributed by atoms with Crippen molar-refractivity contribution in [2.75, 3.05) is 5.75 Å². The fourth-order valence-electron chi connectivity index (χ4n) is 1.14. The first kappa shape index (κ1) is 13.4. The predicted molar refractivity (Wildman–Crippen MR) is 68.6 cm³/mol. The third kappa shape index (κ3) is 3.72. The highest BCUT2D eigenvalue weighted by Crippen LogP contribution is 2.28. The third-order valence-corrected chi connectivity index (χ3v) is 4.01. The minimum absolute atomic E-state index is 0.331. The SMILES string of the molecule is CCC(C)CSc1cc(Cl)ccc1C(=O)O. The van der Waals surface area contributed by atoms with Gasteiger partial charge in [0.15, 0.2) is 0 Å². The second-order valence-corrected chi connectivity index (χ2v) is 5.27. The van der Waals surface area contributed by atoms with Crippen molar-refractivity contribution >= 4 is 29.3 Å². The molecule has 0 bridgehead atoms. The highest BCUT2D eigenvalue weighted by Gasteiger charge is 2.11. The monoisotopic (exact) mass is 258 g/mol. The van der Waals surface area contributed by atoms with E-state index in [9.17, 15) is 4.79 Å². The Labute approximate surface area is 105 Å². The zero-order chi connectivity index (χ0) is 12.1. The Morgan fingerprint density at radius 3 is 2.81 bits per heavy atom. The second kappa shape index (κ2) is 6.16. The van der Waals surface area contributed by atoms with Crippen LogP contribution in [0.25, 0.3) is 0 Å². The second-order valence-electron chi connectivity index (χ2n) is 3.77. The minimum atomic E-state index is -0.900. The first-order valence-corrected chi connectivity index (χ1v) is 6.56. The Morgan fingerprint density at radius 1 is 1.56 bits per heavy atom. The van der Waals surface area contributed by atoms with E-state index in [1.165, 1.54) is 0 Å². The van der Waals surface area contributed by atoms with Crippen LogP contribution < -0.4 is 0 Å². The van der Waals surface area contributed by atoms with E-state index >= 15 is 0 Å². The molecule has 16 heavy (non-hydrogen) atoms. The number of carboxylic acid groups (broad SMARTS) is 1. The standard InChI is InChI=1S/C12H15ClO2S/c1-3-8(2)7-16-11-6-9(13)4-5-10(11)12(14)15/h4-6,8H,3,7H2,1-2H3,(H,14,15). The van der Waals surface area contributed by atoms with Gasteiger partial charge in [-0.1, -0.05) is 31.9 Å². The molecule has 1 atom stereocenters. The lowest BCUT2D eigenvalue weighted by Gasteiger charge is -2.10. The van der Waals surface area contributed by atoms with Crippen molar-refractivity contribution in [3.8, 4) is 0 Å². The van der Waals surface area contributed by atoms with Crippen LogP contribution in [0, 0.1) is 5.92 Å². The van der Waals surface area contributed by atoms with Gasteiger partial charge in [0.1, 0.15) is 0 Å². The average Bonchev–Trinajstić information content (AvgIpc) is 2.25. The summed E-state index contributed by atoms with van der Waals surface area (Å²) >= 11 is 7.42. The van der Waals surface area contributed by atoms with E-state index in [0.717, 1.165) is 17.1 Å². The quantitative estimate of drug-likeness (QED) is 0.805. The number of hydrogen-bond donors (Lipinski definition) is 1. The summed E-state index contributed by atoms with van der Waals surface area (Å²) in [5, 5.41) is 9.60. The first-order chi connectivity index (χ1) is 7.54. The molecule has 0 aliphatic rings. The number of aromatic carboxylic acids is 1. The summed E-state index contributed by atoms with van der Waals surface area (Å²) in [7, 11) is 0. The molecular formula is C12H15ClO2S. The molecular weight excluding hydrogens is 244 g/mol. The minimum Gasteiger partial charge on any atom is -0.478 e. The van der Waals surface area contributed by atoms with Crippen molar-refractivity contribution < 1.29 is 9.90 Å². The van der Waals surface area contributed by atoms with Crippen LogP contribution >= 0.6 is 23.4 Å². The lowest BCUT2D eigenvalue weighted by Crippen LogP contribution is -2.01. The number of halogens is 1. The van der Waals surface area contributed by atoms with E-state index in [1.54, 1.807) is 30.0 Å². The molecule has 0 saturated heterocycles. The van der Waals surface area contributed by atoms with Crippen LogP contribution in [0.2, 0.25) is 5.02 Å². The number of carbonyl (C=O) groups is 1. The summed E-state index contributed by atoms with van der Waals surface area (Å²) in [6.45, 7) is 4.28. The molecule has 0 fully saturated rings. The van der Waals surface area contributed by atoms with Gasteiger partial charge < -0.3 is 5.11 Å². The molecule has 0 aliphatic heterocycles. The molecule has 0 aliphatic carbocycles. The van der Waals surface area contributed by atoms with Gasteiger partial charge in [0.25, 0.3) is 0 Å². The van der Waals surface area contributed by atoms with Gasteiger partial charge in [-0.15, -0.1) is 11.8 Å². The van der Waals surface area contributed by atoms with Gasteiger partial charge in [0, 0.05) is 15.7 Å². The fraction of sp³-hybridized carbons (Fsp3) is 0.417. The van der Waals surface area contributed by atoms with Gasteiger partial charge in [-0.25, -0.2) is 4.79 Å². The summed E-state index contributed by atoms with van der Waals surface area (Å²) in [5.41, 5.74) is 0.331. The molecule has 2 nitrogen and oxygen atoms in total. The van der Waals surface area contributed by atoms with E-state index in [4.69, 9.17) is 16.7 Å². The van der Waals surface area contributed by atoms with Gasteiger partial charge >= 0.3 is 5.97 Å². The van der Waals surface area contributed by atoms with Crippen LogP contribution in [-0.4, -0.2) is 16.8 Å². The number of hydrogen-bond acceptors (Lipinski definition) is 2. The van der Waals surface area contributed by atoms with Gasteiger partial charge in [0.2, 0.25) is 0 Å². The Bertz CT molecular complexity index is 379. The van der Waals surface area contributed by atoms with Crippen molar-refractivity contribution in [2.24, 2.45) is 5.92 Å². The van der Waals surface area contributed by atoms with Crippen LogP contribution in [0.4, 0.5) is 0 Å². The first-order valence-electron chi connectivity index (χ1n) is 5.20. The van der Waals surface area contributed by atoms with Crippen LogP contribution in [0.15, 0.2) is 23.1 Å². The Kier molecular flexibility index (Phi) is 5.16. The van der Waals surface area contributed by atoms with E-state index in [1.807, 2.05) is 0 Å². The van der Waals surface area contributed by atoms with Gasteiger partial charge in [-0.05, 0) is 24.1 Å². The molecule has 0 spiro atoms. The lowest BCUT2D eigenvalue weighted by atomic mass is 10.2. The summed E-state index contributed by atoms with van der Waals surface area (Å²) in [5.74, 6) is 0.589. The van der Waals surface area contributed by atoms with Crippen molar-refractivity contribution in [3.63, 3.8) is 0 Å². The molecule has 0 amide bonds. The molecule has 1 unspecified atom stereocenters. The number of rotatable bonds is 5. The molecule has 1 aromatic rings. The maximum absolute atomic E-state index is 11.0. The molecule has 0 heterocycles. The van der Waals surface area contributed by atoms with Crippen LogP contribution in [0.5, 0.6) is 0 Å². The lowest BCUT2D eigenvalue weighted by molar-refractivity contribution is 0.0693. The molecule has 4 heteroatoms. The van der Waals surface area contributed by atoms with E-state index in [2.05, 4.69) is 13.8 Å². The van der Waals surface area contributed by atoms with Gasteiger partial charge in [-0.2, -0.15) is 0 Å². The van der Waals surface area contributed by atoms with Crippen LogP contribution in [-0.2, 0) is 0 Å². The molecule has 1 aromatic carbocycles. The van der Waals surface area contributed by atoms with Crippen molar-refractivity contribution in [1.82, 2.24) is 0 Å². The molecule has 1 rings (SSSR count). The Morgan fingerprint density at radius 2 is 2.25 bits per heavy atom. The maximum atomic E-state index is 11.0. The molecule has 88 valence electrons. The van der Waals surface area contributed by atoms with Crippen LogP contribution in [0.3, 0.4) is 0 Å². The van der Waals surface area contributed by atoms with Gasteiger partial charge in [0.05, 0.1) is 5.56 Å². The zero-order valence-corrected chi connectivity index (χ0v) is 10.9. The summed E-state index contributed by atoms with van der Waals surface area (Å²) in [4.78, 5) is 11.7. The zero-order valence-electron chi connectivity index (χ0n) is 9.37.